The Balaban J connectivity index is 2.14. The van der Waals surface area contributed by atoms with Gasteiger partial charge >= 0.3 is 0 Å². The minimum atomic E-state index is -0.486. The van der Waals surface area contributed by atoms with Crippen molar-refractivity contribution >= 4 is 11.6 Å². The van der Waals surface area contributed by atoms with Crippen molar-refractivity contribution in [2.45, 2.75) is 6.92 Å². The summed E-state index contributed by atoms with van der Waals surface area (Å²) in [5, 5.41) is 14.7. The van der Waals surface area contributed by atoms with Crippen molar-refractivity contribution in [3.05, 3.63) is 29.6 Å². The molecule has 1 aromatic carbocycles. The largest absolute Gasteiger partial charge is 0.325 e. The molecule has 4 nitrogen and oxygen atoms in total. The lowest BCUT2D eigenvalue weighted by atomic mass is 9.97. The first-order valence-electron chi connectivity index (χ1n) is 5.83. The number of anilines is 1. The molecular weight excluding hydrogens is 233 g/mol. The Morgan fingerprint density at radius 3 is 2.94 bits per heavy atom. The molecule has 0 aliphatic carbocycles. The van der Waals surface area contributed by atoms with E-state index in [1.165, 1.54) is 12.1 Å². The van der Waals surface area contributed by atoms with Crippen LogP contribution in [0.25, 0.3) is 0 Å². The topological polar surface area (TPSA) is 64.9 Å². The zero-order valence-electron chi connectivity index (χ0n) is 10.0. The summed E-state index contributed by atoms with van der Waals surface area (Å²) >= 11 is 0. The van der Waals surface area contributed by atoms with Crippen molar-refractivity contribution in [2.75, 3.05) is 18.4 Å². The van der Waals surface area contributed by atoms with Crippen LogP contribution in [0.4, 0.5) is 10.1 Å². The zero-order chi connectivity index (χ0) is 13.1. The van der Waals surface area contributed by atoms with Gasteiger partial charge in [0.25, 0.3) is 0 Å². The van der Waals surface area contributed by atoms with Gasteiger partial charge in [0.2, 0.25) is 5.91 Å². The molecule has 0 radical (unpaired) electrons. The summed E-state index contributed by atoms with van der Waals surface area (Å²) in [6.45, 7) is 3.45. The predicted octanol–water partition coefficient (Wildman–Crippen LogP) is 1.49. The van der Waals surface area contributed by atoms with E-state index in [0.717, 1.165) is 12.6 Å². The van der Waals surface area contributed by atoms with E-state index >= 15 is 0 Å². The molecule has 1 heterocycles. The van der Waals surface area contributed by atoms with Crippen LogP contribution in [0.5, 0.6) is 0 Å². The van der Waals surface area contributed by atoms with Gasteiger partial charge in [-0.1, -0.05) is 6.92 Å². The molecule has 94 valence electrons. The van der Waals surface area contributed by atoms with Gasteiger partial charge in [0, 0.05) is 6.54 Å². The molecule has 1 aliphatic heterocycles. The number of nitrogens with one attached hydrogen (secondary N) is 2. The average Bonchev–Trinajstić information content (AvgIpc) is 2.77. The molecule has 2 N–H and O–H groups in total. The van der Waals surface area contributed by atoms with Crippen LogP contribution < -0.4 is 10.6 Å². The number of benzene rings is 1. The van der Waals surface area contributed by atoms with E-state index in [2.05, 4.69) is 10.6 Å². The van der Waals surface area contributed by atoms with E-state index in [1.807, 2.05) is 13.0 Å². The van der Waals surface area contributed by atoms with Crippen LogP contribution in [-0.2, 0) is 4.79 Å². The highest BCUT2D eigenvalue weighted by Crippen LogP contribution is 2.21. The fourth-order valence-corrected chi connectivity index (χ4v) is 2.10. The molecule has 1 fully saturated rings. The minimum Gasteiger partial charge on any atom is -0.325 e. The number of carbonyl (C=O) groups is 1. The third-order valence-electron chi connectivity index (χ3n) is 3.21. The van der Waals surface area contributed by atoms with E-state index in [1.54, 1.807) is 0 Å². The lowest BCUT2D eigenvalue weighted by molar-refractivity contribution is -0.120. The quantitative estimate of drug-likeness (QED) is 0.832. The molecule has 1 saturated heterocycles. The van der Waals surface area contributed by atoms with Crippen LogP contribution in [0.3, 0.4) is 0 Å². The summed E-state index contributed by atoms with van der Waals surface area (Å²) in [6, 6.07) is 5.63. The molecule has 0 saturated carbocycles. The van der Waals surface area contributed by atoms with Crippen LogP contribution >= 0.6 is 0 Å². The molecule has 5 heteroatoms. The van der Waals surface area contributed by atoms with Gasteiger partial charge in [-0.25, -0.2) is 4.39 Å². The fraction of sp³-hybridized carbons (Fsp3) is 0.385. The molecule has 0 bridgehead atoms. The van der Waals surface area contributed by atoms with Crippen molar-refractivity contribution in [2.24, 2.45) is 11.8 Å². The highest BCUT2D eigenvalue weighted by molar-refractivity contribution is 5.94. The van der Waals surface area contributed by atoms with E-state index < -0.39 is 5.82 Å². The number of hydrogen-bond donors (Lipinski definition) is 2. The van der Waals surface area contributed by atoms with Crippen LogP contribution in [0, 0.1) is 29.0 Å². The third-order valence-corrected chi connectivity index (χ3v) is 3.21. The normalized spacial score (nSPS) is 22.5. The van der Waals surface area contributed by atoms with Crippen molar-refractivity contribution in [3.8, 4) is 6.07 Å². The van der Waals surface area contributed by atoms with Gasteiger partial charge in [-0.3, -0.25) is 4.79 Å². The third kappa shape index (κ3) is 2.49. The van der Waals surface area contributed by atoms with Crippen LogP contribution in [0.1, 0.15) is 12.5 Å². The predicted molar refractivity (Wildman–Crippen MR) is 65.3 cm³/mol. The molecule has 1 aromatic rings. The molecule has 0 spiro atoms. The second-order valence-electron chi connectivity index (χ2n) is 4.53. The van der Waals surface area contributed by atoms with E-state index in [0.29, 0.717) is 12.2 Å². The molecule has 1 aliphatic rings. The second kappa shape index (κ2) is 5.15. The van der Waals surface area contributed by atoms with Crippen LogP contribution in [0.15, 0.2) is 18.2 Å². The van der Waals surface area contributed by atoms with E-state index in [-0.39, 0.29) is 23.3 Å². The Bertz CT molecular complexity index is 509. The summed E-state index contributed by atoms with van der Waals surface area (Å²) in [4.78, 5) is 12.0. The lowest BCUT2D eigenvalue weighted by Gasteiger charge is -2.14. The molecule has 18 heavy (non-hydrogen) atoms. The summed E-state index contributed by atoms with van der Waals surface area (Å²) in [5.41, 5.74) is 0.505. The van der Waals surface area contributed by atoms with Crippen molar-refractivity contribution in [1.82, 2.24) is 5.32 Å². The maximum absolute atomic E-state index is 13.0. The van der Waals surface area contributed by atoms with E-state index in [4.69, 9.17) is 5.26 Å². The molecule has 0 aromatic heterocycles. The Morgan fingerprint density at radius 2 is 2.33 bits per heavy atom. The zero-order valence-corrected chi connectivity index (χ0v) is 10.0. The number of amides is 1. The van der Waals surface area contributed by atoms with Crippen LogP contribution in [0.2, 0.25) is 0 Å². The monoisotopic (exact) mass is 247 g/mol. The lowest BCUT2D eigenvalue weighted by Crippen LogP contribution is -2.28. The smallest absolute Gasteiger partial charge is 0.229 e. The number of carbonyl (C=O) groups excluding carboxylic acids is 1. The number of hydrogen-bond acceptors (Lipinski definition) is 3. The van der Waals surface area contributed by atoms with Crippen molar-refractivity contribution in [1.29, 1.82) is 5.26 Å². The van der Waals surface area contributed by atoms with Gasteiger partial charge in [-0.2, -0.15) is 5.26 Å². The Hall–Kier alpha value is -1.93. The molecule has 2 unspecified atom stereocenters. The maximum atomic E-state index is 13.0. The fourth-order valence-electron chi connectivity index (χ4n) is 2.10. The summed E-state index contributed by atoms with van der Waals surface area (Å²) in [6.07, 6.45) is 0. The molecule has 2 rings (SSSR count). The molecular formula is C13H14FN3O. The first kappa shape index (κ1) is 12.5. The summed E-state index contributed by atoms with van der Waals surface area (Å²) < 4.78 is 13.0. The van der Waals surface area contributed by atoms with Crippen LogP contribution in [-0.4, -0.2) is 19.0 Å². The van der Waals surface area contributed by atoms with Gasteiger partial charge in [0.15, 0.2) is 0 Å². The SMILES string of the molecule is CC1CNCC1C(=O)Nc1ccc(F)cc1C#N. The Labute approximate surface area is 105 Å². The number of nitrogens with zero attached hydrogens (tertiary/aromatic N) is 1. The maximum Gasteiger partial charge on any atom is 0.229 e. The van der Waals surface area contributed by atoms with Crippen molar-refractivity contribution < 1.29 is 9.18 Å². The molecule has 1 amide bonds. The first-order valence-corrected chi connectivity index (χ1v) is 5.83. The highest BCUT2D eigenvalue weighted by Gasteiger charge is 2.29. The number of rotatable bonds is 2. The summed E-state index contributed by atoms with van der Waals surface area (Å²) in [5.74, 6) is -0.464. The Kier molecular flexibility index (Phi) is 3.58. The number of halogens is 1. The van der Waals surface area contributed by atoms with Gasteiger partial charge in [-0.05, 0) is 30.7 Å². The second-order valence-corrected chi connectivity index (χ2v) is 4.53. The minimum absolute atomic E-state index is 0.110. The highest BCUT2D eigenvalue weighted by atomic mass is 19.1. The van der Waals surface area contributed by atoms with Gasteiger partial charge < -0.3 is 10.6 Å². The summed E-state index contributed by atoms with van der Waals surface area (Å²) in [7, 11) is 0. The molecule has 2 atom stereocenters. The Morgan fingerprint density at radius 1 is 1.56 bits per heavy atom. The standard InChI is InChI=1S/C13H14FN3O/c1-8-6-16-7-11(8)13(18)17-12-3-2-10(14)4-9(12)5-15/h2-4,8,11,16H,6-7H2,1H3,(H,17,18). The van der Waals surface area contributed by atoms with Crippen molar-refractivity contribution in [3.63, 3.8) is 0 Å². The van der Waals surface area contributed by atoms with E-state index in [9.17, 15) is 9.18 Å². The van der Waals surface area contributed by atoms with Gasteiger partial charge in [0.05, 0.1) is 17.2 Å². The van der Waals surface area contributed by atoms with Gasteiger partial charge in [0.1, 0.15) is 11.9 Å². The van der Waals surface area contributed by atoms with Gasteiger partial charge in [-0.15, -0.1) is 0 Å². The average molecular weight is 247 g/mol. The first-order chi connectivity index (χ1) is 8.61. The number of nitriles is 1.